The van der Waals surface area contributed by atoms with Gasteiger partial charge in [-0.1, -0.05) is 36.9 Å². The molecule has 0 radical (unpaired) electrons. The van der Waals surface area contributed by atoms with Gasteiger partial charge in [-0.2, -0.15) is 0 Å². The Bertz CT molecular complexity index is 411. The van der Waals surface area contributed by atoms with Gasteiger partial charge in [0.15, 0.2) is 0 Å². The summed E-state index contributed by atoms with van der Waals surface area (Å²) < 4.78 is 0. The Labute approximate surface area is 117 Å². The van der Waals surface area contributed by atoms with Crippen molar-refractivity contribution in [1.29, 1.82) is 0 Å². The van der Waals surface area contributed by atoms with Crippen molar-refractivity contribution in [2.45, 2.75) is 45.2 Å². The molecule has 1 aliphatic rings. The largest absolute Gasteiger partial charge is 0.385 e. The highest BCUT2D eigenvalue weighted by atomic mass is 15.2. The van der Waals surface area contributed by atoms with Crippen LogP contribution in [0.5, 0.6) is 0 Å². The summed E-state index contributed by atoms with van der Waals surface area (Å²) in [4.78, 5) is 2.54. The lowest BCUT2D eigenvalue weighted by molar-refractivity contribution is 0.275. The molecule has 1 aliphatic heterocycles. The Balaban J connectivity index is 1.93. The highest BCUT2D eigenvalue weighted by molar-refractivity contribution is 5.21. The zero-order valence-corrected chi connectivity index (χ0v) is 12.4. The molecule has 1 aromatic rings. The Morgan fingerprint density at radius 1 is 1.26 bits per heavy atom. The molecule has 0 saturated carbocycles. The standard InChI is InChI=1S/C17H26N2/c1-13(2)18-14(3)15(4)19-11-10-17(12-19)16-8-6-5-7-9-16/h5-9,13,15,17-18H,3,10-12H2,1-2,4H3. The molecule has 1 N–H and O–H groups in total. The van der Waals surface area contributed by atoms with Crippen LogP contribution in [0.15, 0.2) is 42.6 Å². The summed E-state index contributed by atoms with van der Waals surface area (Å²) in [5.74, 6) is 0.676. The van der Waals surface area contributed by atoms with E-state index in [2.05, 4.69) is 67.9 Å². The molecular weight excluding hydrogens is 232 g/mol. The predicted octanol–water partition coefficient (Wildman–Crippen LogP) is 3.38. The fourth-order valence-corrected chi connectivity index (χ4v) is 2.85. The normalized spacial score (nSPS) is 21.6. The Hall–Kier alpha value is -1.28. The van der Waals surface area contributed by atoms with Gasteiger partial charge in [0.1, 0.15) is 0 Å². The van der Waals surface area contributed by atoms with E-state index in [4.69, 9.17) is 0 Å². The monoisotopic (exact) mass is 258 g/mol. The molecule has 19 heavy (non-hydrogen) atoms. The molecular formula is C17H26N2. The highest BCUT2D eigenvalue weighted by Gasteiger charge is 2.28. The van der Waals surface area contributed by atoms with Gasteiger partial charge in [-0.05, 0) is 45.2 Å². The lowest BCUT2D eigenvalue weighted by Crippen LogP contribution is -2.38. The van der Waals surface area contributed by atoms with Crippen LogP contribution in [0.1, 0.15) is 38.7 Å². The van der Waals surface area contributed by atoms with Crippen LogP contribution in [0.25, 0.3) is 0 Å². The summed E-state index contributed by atoms with van der Waals surface area (Å²) in [7, 11) is 0. The first-order chi connectivity index (χ1) is 9.08. The number of rotatable bonds is 5. The molecule has 1 saturated heterocycles. The first kappa shape index (κ1) is 14.1. The minimum Gasteiger partial charge on any atom is -0.385 e. The van der Waals surface area contributed by atoms with Gasteiger partial charge in [0.05, 0.1) is 0 Å². The summed E-state index contributed by atoms with van der Waals surface area (Å²) in [6.45, 7) is 13.1. The maximum atomic E-state index is 4.18. The topological polar surface area (TPSA) is 15.3 Å². The van der Waals surface area contributed by atoms with E-state index in [1.165, 1.54) is 18.5 Å². The molecule has 104 valence electrons. The van der Waals surface area contributed by atoms with Crippen molar-refractivity contribution in [3.05, 3.63) is 48.2 Å². The van der Waals surface area contributed by atoms with Gasteiger partial charge < -0.3 is 5.32 Å². The Morgan fingerprint density at radius 3 is 2.58 bits per heavy atom. The Morgan fingerprint density at radius 2 is 1.95 bits per heavy atom. The van der Waals surface area contributed by atoms with Crippen molar-refractivity contribution in [2.24, 2.45) is 0 Å². The fourth-order valence-electron chi connectivity index (χ4n) is 2.85. The SMILES string of the molecule is C=C(NC(C)C)C(C)N1CCC(c2ccccc2)C1. The van der Waals surface area contributed by atoms with Crippen LogP contribution in [0.2, 0.25) is 0 Å². The van der Waals surface area contributed by atoms with E-state index in [1.807, 2.05) is 0 Å². The van der Waals surface area contributed by atoms with E-state index < -0.39 is 0 Å². The summed E-state index contributed by atoms with van der Waals surface area (Å²) in [6, 6.07) is 11.7. The summed E-state index contributed by atoms with van der Waals surface area (Å²) in [5.41, 5.74) is 2.61. The molecule has 2 rings (SSSR count). The van der Waals surface area contributed by atoms with Gasteiger partial charge in [0.2, 0.25) is 0 Å². The van der Waals surface area contributed by atoms with Crippen molar-refractivity contribution in [1.82, 2.24) is 10.2 Å². The van der Waals surface area contributed by atoms with Gasteiger partial charge in [0, 0.05) is 24.3 Å². The number of hydrogen-bond acceptors (Lipinski definition) is 2. The van der Waals surface area contributed by atoms with Crippen LogP contribution < -0.4 is 5.32 Å². The molecule has 2 nitrogen and oxygen atoms in total. The minimum absolute atomic E-state index is 0.413. The number of benzene rings is 1. The smallest absolute Gasteiger partial charge is 0.0461 e. The summed E-state index contributed by atoms with van der Waals surface area (Å²) in [5, 5.41) is 3.44. The van der Waals surface area contributed by atoms with Crippen LogP contribution >= 0.6 is 0 Å². The van der Waals surface area contributed by atoms with Crippen molar-refractivity contribution < 1.29 is 0 Å². The first-order valence-electron chi connectivity index (χ1n) is 7.32. The van der Waals surface area contributed by atoms with E-state index >= 15 is 0 Å². The van der Waals surface area contributed by atoms with Crippen LogP contribution in [0, 0.1) is 0 Å². The highest BCUT2D eigenvalue weighted by Crippen LogP contribution is 2.29. The quantitative estimate of drug-likeness (QED) is 0.871. The third-order valence-electron chi connectivity index (χ3n) is 4.02. The first-order valence-corrected chi connectivity index (χ1v) is 7.32. The molecule has 1 fully saturated rings. The van der Waals surface area contributed by atoms with Gasteiger partial charge in [-0.15, -0.1) is 0 Å². The number of hydrogen-bond donors (Lipinski definition) is 1. The summed E-state index contributed by atoms with van der Waals surface area (Å²) in [6.07, 6.45) is 1.25. The molecule has 1 heterocycles. The molecule has 1 aromatic carbocycles. The van der Waals surface area contributed by atoms with E-state index in [-0.39, 0.29) is 0 Å². The number of nitrogens with one attached hydrogen (secondary N) is 1. The molecule has 2 atom stereocenters. The third kappa shape index (κ3) is 3.60. The van der Waals surface area contributed by atoms with Crippen molar-refractivity contribution >= 4 is 0 Å². The lowest BCUT2D eigenvalue weighted by Gasteiger charge is -2.28. The van der Waals surface area contributed by atoms with Crippen molar-refractivity contribution in [3.8, 4) is 0 Å². The molecule has 0 amide bonds. The van der Waals surface area contributed by atoms with Gasteiger partial charge in [-0.25, -0.2) is 0 Å². The van der Waals surface area contributed by atoms with E-state index in [0.717, 1.165) is 12.2 Å². The van der Waals surface area contributed by atoms with Gasteiger partial charge >= 0.3 is 0 Å². The maximum Gasteiger partial charge on any atom is 0.0461 e. The second-order valence-electron chi connectivity index (χ2n) is 5.89. The average Bonchev–Trinajstić information content (AvgIpc) is 2.87. The zero-order chi connectivity index (χ0) is 13.8. The number of likely N-dealkylation sites (tertiary alicyclic amines) is 1. The Kier molecular flexibility index (Phi) is 4.65. The van der Waals surface area contributed by atoms with Gasteiger partial charge in [0.25, 0.3) is 0 Å². The molecule has 2 unspecified atom stereocenters. The molecule has 2 heteroatoms. The molecule has 0 aliphatic carbocycles. The zero-order valence-electron chi connectivity index (χ0n) is 12.4. The van der Waals surface area contributed by atoms with Crippen molar-refractivity contribution in [2.75, 3.05) is 13.1 Å². The van der Waals surface area contributed by atoms with E-state index in [9.17, 15) is 0 Å². The van der Waals surface area contributed by atoms with Crippen LogP contribution in [-0.2, 0) is 0 Å². The molecule has 0 aromatic heterocycles. The second-order valence-corrected chi connectivity index (χ2v) is 5.89. The van der Waals surface area contributed by atoms with Gasteiger partial charge in [-0.3, -0.25) is 4.90 Å². The van der Waals surface area contributed by atoms with Crippen LogP contribution in [0.4, 0.5) is 0 Å². The second kappa shape index (κ2) is 6.25. The van der Waals surface area contributed by atoms with E-state index in [0.29, 0.717) is 18.0 Å². The van der Waals surface area contributed by atoms with Crippen molar-refractivity contribution in [3.63, 3.8) is 0 Å². The van der Waals surface area contributed by atoms with Crippen LogP contribution in [-0.4, -0.2) is 30.1 Å². The predicted molar refractivity (Wildman–Crippen MR) is 82.2 cm³/mol. The van der Waals surface area contributed by atoms with E-state index in [1.54, 1.807) is 0 Å². The number of nitrogens with zero attached hydrogens (tertiary/aromatic N) is 1. The third-order valence-corrected chi connectivity index (χ3v) is 4.02. The minimum atomic E-state index is 0.413. The fraction of sp³-hybridized carbons (Fsp3) is 0.529. The maximum absolute atomic E-state index is 4.18. The average molecular weight is 258 g/mol. The van der Waals surface area contributed by atoms with Crippen LogP contribution in [0.3, 0.4) is 0 Å². The lowest BCUT2D eigenvalue weighted by atomic mass is 9.99. The summed E-state index contributed by atoms with van der Waals surface area (Å²) >= 11 is 0. The molecule has 0 bridgehead atoms. The molecule has 0 spiro atoms.